The van der Waals surface area contributed by atoms with Crippen LogP contribution in [0.3, 0.4) is 0 Å². The third kappa shape index (κ3) is 2.70. The number of benzene rings is 1. The average molecular weight is 259 g/mol. The Balaban J connectivity index is 2.33. The van der Waals surface area contributed by atoms with Crippen LogP contribution in [-0.4, -0.2) is 12.0 Å². The molecule has 1 aromatic carbocycles. The molecule has 0 fully saturated rings. The van der Waals surface area contributed by atoms with Gasteiger partial charge in [-0.05, 0) is 24.3 Å². The maximum absolute atomic E-state index is 9.03. The highest BCUT2D eigenvalue weighted by Gasteiger charge is 2.04. The lowest BCUT2D eigenvalue weighted by Gasteiger charge is -2.09. The summed E-state index contributed by atoms with van der Waals surface area (Å²) in [5.41, 5.74) is 2.88. The Labute approximate surface area is 110 Å². The minimum absolute atomic E-state index is 0.536. The summed E-state index contributed by atoms with van der Waals surface area (Å²) < 4.78 is 0. The molecule has 0 radical (unpaired) electrons. The monoisotopic (exact) mass is 258 g/mol. The van der Waals surface area contributed by atoms with Crippen LogP contribution in [0, 0.1) is 11.3 Å². The Kier molecular flexibility index (Phi) is 3.66. The van der Waals surface area contributed by atoms with E-state index in [0.717, 1.165) is 11.4 Å². The zero-order valence-corrected chi connectivity index (χ0v) is 10.5. The van der Waals surface area contributed by atoms with Gasteiger partial charge in [-0.1, -0.05) is 11.6 Å². The number of anilines is 3. The minimum Gasteiger partial charge on any atom is -0.387 e. The van der Waals surface area contributed by atoms with Crippen molar-refractivity contribution in [1.82, 2.24) is 4.98 Å². The molecule has 0 spiro atoms. The third-order valence-corrected chi connectivity index (χ3v) is 2.64. The summed E-state index contributed by atoms with van der Waals surface area (Å²) in [5, 5.41) is 15.7. The van der Waals surface area contributed by atoms with Gasteiger partial charge in [0.2, 0.25) is 0 Å². The van der Waals surface area contributed by atoms with Crippen LogP contribution in [0.2, 0.25) is 5.02 Å². The Morgan fingerprint density at radius 3 is 2.72 bits per heavy atom. The molecular formula is C13H11ClN4. The molecule has 0 aliphatic heterocycles. The second-order valence-corrected chi connectivity index (χ2v) is 4.08. The van der Waals surface area contributed by atoms with E-state index in [-0.39, 0.29) is 0 Å². The van der Waals surface area contributed by atoms with Crippen LogP contribution in [0.1, 0.15) is 5.56 Å². The van der Waals surface area contributed by atoms with Crippen LogP contribution in [0.4, 0.5) is 17.1 Å². The van der Waals surface area contributed by atoms with Crippen LogP contribution in [-0.2, 0) is 0 Å². The quantitative estimate of drug-likeness (QED) is 0.886. The molecule has 1 aromatic heterocycles. The van der Waals surface area contributed by atoms with Crippen molar-refractivity contribution < 1.29 is 0 Å². The normalized spacial score (nSPS) is 9.61. The third-order valence-electron chi connectivity index (χ3n) is 2.41. The fraction of sp³-hybridized carbons (Fsp3) is 0.0769. The molecule has 0 aliphatic carbocycles. The standard InChI is InChI=1S/C13H11ClN4/c1-16-11-5-12(8-17-7-11)18-13-4-10(14)3-2-9(13)6-15/h2-5,7-8,16,18H,1H3. The molecule has 0 atom stereocenters. The molecule has 4 nitrogen and oxygen atoms in total. The molecule has 90 valence electrons. The molecule has 2 rings (SSSR count). The first kappa shape index (κ1) is 12.2. The summed E-state index contributed by atoms with van der Waals surface area (Å²) in [6.45, 7) is 0. The fourth-order valence-corrected chi connectivity index (χ4v) is 1.69. The van der Waals surface area contributed by atoms with Gasteiger partial charge in [-0.2, -0.15) is 5.26 Å². The lowest BCUT2D eigenvalue weighted by molar-refractivity contribution is 1.30. The number of nitriles is 1. The van der Waals surface area contributed by atoms with Crippen LogP contribution in [0.25, 0.3) is 0 Å². The van der Waals surface area contributed by atoms with E-state index in [9.17, 15) is 0 Å². The number of nitrogens with zero attached hydrogens (tertiary/aromatic N) is 2. The predicted octanol–water partition coefficient (Wildman–Crippen LogP) is 3.39. The maximum Gasteiger partial charge on any atom is 0.101 e. The van der Waals surface area contributed by atoms with Crippen molar-refractivity contribution in [1.29, 1.82) is 5.26 Å². The lowest BCUT2D eigenvalue weighted by atomic mass is 10.2. The molecular weight excluding hydrogens is 248 g/mol. The number of halogens is 1. The second-order valence-electron chi connectivity index (χ2n) is 3.64. The van der Waals surface area contributed by atoms with Gasteiger partial charge in [0.25, 0.3) is 0 Å². The van der Waals surface area contributed by atoms with Crippen LogP contribution in [0.5, 0.6) is 0 Å². The number of aromatic nitrogens is 1. The van der Waals surface area contributed by atoms with E-state index in [1.165, 1.54) is 0 Å². The lowest BCUT2D eigenvalue weighted by Crippen LogP contribution is -1.96. The number of rotatable bonds is 3. The average Bonchev–Trinajstić information content (AvgIpc) is 2.39. The molecule has 5 heteroatoms. The Morgan fingerprint density at radius 2 is 2.00 bits per heavy atom. The molecule has 0 bridgehead atoms. The summed E-state index contributed by atoms with van der Waals surface area (Å²) in [6, 6.07) is 9.10. The highest BCUT2D eigenvalue weighted by atomic mass is 35.5. The fourth-order valence-electron chi connectivity index (χ4n) is 1.52. The first-order valence-electron chi connectivity index (χ1n) is 5.32. The van der Waals surface area contributed by atoms with Crippen molar-refractivity contribution in [3.05, 3.63) is 47.2 Å². The molecule has 0 amide bonds. The van der Waals surface area contributed by atoms with E-state index in [2.05, 4.69) is 21.7 Å². The summed E-state index contributed by atoms with van der Waals surface area (Å²) >= 11 is 5.92. The van der Waals surface area contributed by atoms with Crippen molar-refractivity contribution in [2.24, 2.45) is 0 Å². The van der Waals surface area contributed by atoms with E-state index >= 15 is 0 Å². The largest absolute Gasteiger partial charge is 0.387 e. The van der Waals surface area contributed by atoms with Gasteiger partial charge in [0, 0.05) is 12.1 Å². The van der Waals surface area contributed by atoms with Gasteiger partial charge >= 0.3 is 0 Å². The number of hydrogen-bond acceptors (Lipinski definition) is 4. The summed E-state index contributed by atoms with van der Waals surface area (Å²) in [5.74, 6) is 0. The van der Waals surface area contributed by atoms with Gasteiger partial charge in [0.15, 0.2) is 0 Å². The van der Waals surface area contributed by atoms with Crippen molar-refractivity contribution in [3.63, 3.8) is 0 Å². The van der Waals surface area contributed by atoms with Gasteiger partial charge in [-0.25, -0.2) is 0 Å². The van der Waals surface area contributed by atoms with Gasteiger partial charge < -0.3 is 10.6 Å². The minimum atomic E-state index is 0.536. The predicted molar refractivity (Wildman–Crippen MR) is 73.2 cm³/mol. The van der Waals surface area contributed by atoms with Crippen molar-refractivity contribution in [2.75, 3.05) is 17.7 Å². The summed E-state index contributed by atoms with van der Waals surface area (Å²) in [7, 11) is 1.82. The SMILES string of the molecule is CNc1cncc(Nc2cc(Cl)ccc2C#N)c1. The van der Waals surface area contributed by atoms with Gasteiger partial charge in [0.05, 0.1) is 35.0 Å². The zero-order chi connectivity index (χ0) is 13.0. The molecule has 18 heavy (non-hydrogen) atoms. The first-order chi connectivity index (χ1) is 8.72. The highest BCUT2D eigenvalue weighted by Crippen LogP contribution is 2.24. The van der Waals surface area contributed by atoms with E-state index in [4.69, 9.17) is 16.9 Å². The Hall–Kier alpha value is -2.25. The highest BCUT2D eigenvalue weighted by molar-refractivity contribution is 6.30. The molecule has 1 heterocycles. The van der Waals surface area contributed by atoms with Crippen molar-refractivity contribution in [2.45, 2.75) is 0 Å². The molecule has 0 saturated carbocycles. The van der Waals surface area contributed by atoms with E-state index in [1.54, 1.807) is 30.6 Å². The van der Waals surface area contributed by atoms with Crippen LogP contribution >= 0.6 is 11.6 Å². The summed E-state index contributed by atoms with van der Waals surface area (Å²) in [6.07, 6.45) is 3.40. The van der Waals surface area contributed by atoms with E-state index in [1.807, 2.05) is 13.1 Å². The second kappa shape index (κ2) is 5.39. The molecule has 2 N–H and O–H groups in total. The van der Waals surface area contributed by atoms with Gasteiger partial charge in [-0.3, -0.25) is 4.98 Å². The van der Waals surface area contributed by atoms with Crippen molar-refractivity contribution >= 4 is 28.7 Å². The first-order valence-corrected chi connectivity index (χ1v) is 5.70. The van der Waals surface area contributed by atoms with Gasteiger partial charge in [0.1, 0.15) is 6.07 Å². The van der Waals surface area contributed by atoms with Crippen LogP contribution in [0.15, 0.2) is 36.7 Å². The number of nitrogens with one attached hydrogen (secondary N) is 2. The smallest absolute Gasteiger partial charge is 0.101 e. The molecule has 0 saturated heterocycles. The molecule has 0 aliphatic rings. The van der Waals surface area contributed by atoms with E-state index < -0.39 is 0 Å². The molecule has 0 unspecified atom stereocenters. The van der Waals surface area contributed by atoms with Crippen LogP contribution < -0.4 is 10.6 Å². The number of hydrogen-bond donors (Lipinski definition) is 2. The topological polar surface area (TPSA) is 60.7 Å². The zero-order valence-electron chi connectivity index (χ0n) is 9.74. The Morgan fingerprint density at radius 1 is 1.22 bits per heavy atom. The van der Waals surface area contributed by atoms with Crippen molar-refractivity contribution in [3.8, 4) is 6.07 Å². The molecule has 2 aromatic rings. The maximum atomic E-state index is 9.03. The summed E-state index contributed by atoms with van der Waals surface area (Å²) in [4.78, 5) is 4.09. The Bertz CT molecular complexity index is 604. The number of pyridine rings is 1. The van der Waals surface area contributed by atoms with Gasteiger partial charge in [-0.15, -0.1) is 0 Å². The van der Waals surface area contributed by atoms with E-state index in [0.29, 0.717) is 16.3 Å².